The van der Waals surface area contributed by atoms with Crippen LogP contribution in [0.3, 0.4) is 0 Å². The number of nitrogen functional groups attached to an aromatic ring is 1. The van der Waals surface area contributed by atoms with Crippen LogP contribution in [-0.4, -0.2) is 4.98 Å². The van der Waals surface area contributed by atoms with Gasteiger partial charge in [0.15, 0.2) is 0 Å². The third-order valence-corrected chi connectivity index (χ3v) is 2.25. The van der Waals surface area contributed by atoms with Gasteiger partial charge in [0, 0.05) is 23.5 Å². The van der Waals surface area contributed by atoms with E-state index in [0.29, 0.717) is 5.92 Å². The number of nitrogens with two attached hydrogens (primary N) is 1. The molecule has 1 fully saturated rings. The van der Waals surface area contributed by atoms with E-state index >= 15 is 0 Å². The molecule has 1 aromatic rings. The Bertz CT molecular complexity index is 277. The zero-order valence-corrected chi connectivity index (χ0v) is 6.67. The van der Waals surface area contributed by atoms with Crippen LogP contribution in [0.4, 0.5) is 5.69 Å². The predicted molar refractivity (Wildman–Crippen MR) is 45.4 cm³/mol. The summed E-state index contributed by atoms with van der Waals surface area (Å²) in [5.74, 6) is 0.707. The summed E-state index contributed by atoms with van der Waals surface area (Å²) in [5, 5.41) is 0. The summed E-state index contributed by atoms with van der Waals surface area (Å²) in [5.41, 5.74) is 9.01. The zero-order chi connectivity index (χ0) is 7.84. The van der Waals surface area contributed by atoms with Crippen LogP contribution in [0.25, 0.3) is 0 Å². The van der Waals surface area contributed by atoms with Gasteiger partial charge in [-0.25, -0.2) is 0 Å². The Kier molecular flexibility index (Phi) is 1.34. The highest BCUT2D eigenvalue weighted by Gasteiger charge is 2.26. The number of hydrogen-bond donors (Lipinski definition) is 1. The quantitative estimate of drug-likeness (QED) is 0.660. The first kappa shape index (κ1) is 6.65. The average Bonchev–Trinajstić information content (AvgIpc) is 2.77. The van der Waals surface area contributed by atoms with Crippen molar-refractivity contribution >= 4 is 5.69 Å². The van der Waals surface area contributed by atoms with Gasteiger partial charge in [0.1, 0.15) is 0 Å². The van der Waals surface area contributed by atoms with Crippen LogP contribution in [0.1, 0.15) is 30.0 Å². The van der Waals surface area contributed by atoms with Crippen molar-refractivity contribution in [2.24, 2.45) is 0 Å². The van der Waals surface area contributed by atoms with E-state index in [1.54, 1.807) is 6.20 Å². The van der Waals surface area contributed by atoms with Gasteiger partial charge in [0.2, 0.25) is 0 Å². The molecule has 1 aromatic heterocycles. The van der Waals surface area contributed by atoms with Gasteiger partial charge in [-0.05, 0) is 31.4 Å². The minimum absolute atomic E-state index is 0.707. The lowest BCUT2D eigenvalue weighted by atomic mass is 10.1. The molecule has 1 aliphatic rings. The van der Waals surface area contributed by atoms with Gasteiger partial charge < -0.3 is 5.73 Å². The van der Waals surface area contributed by atoms with Gasteiger partial charge in [-0.1, -0.05) is 0 Å². The molecule has 1 heterocycles. The molecule has 58 valence electrons. The van der Waals surface area contributed by atoms with E-state index in [-0.39, 0.29) is 0 Å². The van der Waals surface area contributed by atoms with E-state index in [2.05, 4.69) is 11.9 Å². The van der Waals surface area contributed by atoms with Crippen molar-refractivity contribution < 1.29 is 0 Å². The highest BCUT2D eigenvalue weighted by molar-refractivity contribution is 5.48. The lowest BCUT2D eigenvalue weighted by molar-refractivity contribution is 0.998. The smallest absolute Gasteiger partial charge is 0.0484 e. The standard InChI is InChI=1S/C9H12N2/c1-6-8(10)4-5-11-9(6)7-2-3-7/h4-5,7H,2-3H2,1H3,(H2,10,11). The fourth-order valence-corrected chi connectivity index (χ4v) is 1.34. The Morgan fingerprint density at radius 3 is 2.91 bits per heavy atom. The third kappa shape index (κ3) is 1.09. The van der Waals surface area contributed by atoms with E-state index in [1.165, 1.54) is 24.1 Å². The van der Waals surface area contributed by atoms with Gasteiger partial charge in [0.25, 0.3) is 0 Å². The van der Waals surface area contributed by atoms with Crippen molar-refractivity contribution in [2.45, 2.75) is 25.7 Å². The maximum absolute atomic E-state index is 5.75. The number of nitrogens with zero attached hydrogens (tertiary/aromatic N) is 1. The molecule has 0 aromatic carbocycles. The molecule has 1 aliphatic carbocycles. The summed E-state index contributed by atoms with van der Waals surface area (Å²) < 4.78 is 0. The predicted octanol–water partition coefficient (Wildman–Crippen LogP) is 1.85. The number of anilines is 1. The van der Waals surface area contributed by atoms with Gasteiger partial charge in [0.05, 0.1) is 0 Å². The molecule has 2 nitrogen and oxygen atoms in total. The Morgan fingerprint density at radius 2 is 2.27 bits per heavy atom. The molecular formula is C9H12N2. The molecule has 0 aliphatic heterocycles. The van der Waals surface area contributed by atoms with Crippen molar-refractivity contribution in [1.82, 2.24) is 4.98 Å². The lowest BCUT2D eigenvalue weighted by Gasteiger charge is -2.04. The van der Waals surface area contributed by atoms with Crippen molar-refractivity contribution in [1.29, 1.82) is 0 Å². The van der Waals surface area contributed by atoms with Crippen LogP contribution >= 0.6 is 0 Å². The van der Waals surface area contributed by atoms with Crippen LogP contribution in [0.5, 0.6) is 0 Å². The first-order valence-electron chi connectivity index (χ1n) is 4.00. The molecule has 0 spiro atoms. The van der Waals surface area contributed by atoms with Crippen LogP contribution in [0.15, 0.2) is 12.3 Å². The molecule has 11 heavy (non-hydrogen) atoms. The third-order valence-electron chi connectivity index (χ3n) is 2.25. The van der Waals surface area contributed by atoms with E-state index in [9.17, 15) is 0 Å². The molecule has 0 atom stereocenters. The lowest BCUT2D eigenvalue weighted by Crippen LogP contribution is -1.96. The van der Waals surface area contributed by atoms with Crippen molar-refractivity contribution in [3.63, 3.8) is 0 Å². The molecule has 2 N–H and O–H groups in total. The second-order valence-corrected chi connectivity index (χ2v) is 3.18. The second-order valence-electron chi connectivity index (χ2n) is 3.18. The number of pyridine rings is 1. The zero-order valence-electron chi connectivity index (χ0n) is 6.67. The molecule has 0 saturated heterocycles. The first-order chi connectivity index (χ1) is 5.29. The van der Waals surface area contributed by atoms with Crippen LogP contribution < -0.4 is 5.73 Å². The molecule has 2 rings (SSSR count). The summed E-state index contributed by atoms with van der Waals surface area (Å²) in [4.78, 5) is 4.32. The number of rotatable bonds is 1. The molecule has 0 amide bonds. The number of aromatic nitrogens is 1. The largest absolute Gasteiger partial charge is 0.398 e. The van der Waals surface area contributed by atoms with Crippen molar-refractivity contribution in [3.05, 3.63) is 23.5 Å². The molecule has 1 saturated carbocycles. The minimum Gasteiger partial charge on any atom is -0.398 e. The monoisotopic (exact) mass is 148 g/mol. The highest BCUT2D eigenvalue weighted by atomic mass is 14.7. The van der Waals surface area contributed by atoms with E-state index in [0.717, 1.165) is 5.69 Å². The minimum atomic E-state index is 0.707. The topological polar surface area (TPSA) is 38.9 Å². The summed E-state index contributed by atoms with van der Waals surface area (Å²) in [7, 11) is 0. The van der Waals surface area contributed by atoms with Gasteiger partial charge >= 0.3 is 0 Å². The first-order valence-corrected chi connectivity index (χ1v) is 4.00. The van der Waals surface area contributed by atoms with Crippen LogP contribution in [-0.2, 0) is 0 Å². The van der Waals surface area contributed by atoms with Gasteiger partial charge in [-0.2, -0.15) is 0 Å². The maximum atomic E-state index is 5.75. The maximum Gasteiger partial charge on any atom is 0.0484 e. The summed E-state index contributed by atoms with van der Waals surface area (Å²) >= 11 is 0. The normalized spacial score (nSPS) is 16.8. The summed E-state index contributed by atoms with van der Waals surface area (Å²) in [6.45, 7) is 2.05. The van der Waals surface area contributed by atoms with Gasteiger partial charge in [-0.3, -0.25) is 4.98 Å². The molecule has 2 heteroatoms. The van der Waals surface area contributed by atoms with E-state index < -0.39 is 0 Å². The van der Waals surface area contributed by atoms with Crippen LogP contribution in [0, 0.1) is 6.92 Å². The molecular weight excluding hydrogens is 136 g/mol. The van der Waals surface area contributed by atoms with E-state index in [4.69, 9.17) is 5.73 Å². The molecule has 0 unspecified atom stereocenters. The average molecular weight is 148 g/mol. The Morgan fingerprint density at radius 1 is 1.55 bits per heavy atom. The van der Waals surface area contributed by atoms with Crippen LogP contribution in [0.2, 0.25) is 0 Å². The van der Waals surface area contributed by atoms with E-state index in [1.807, 2.05) is 6.07 Å². The summed E-state index contributed by atoms with van der Waals surface area (Å²) in [6, 6.07) is 1.86. The Hall–Kier alpha value is -1.05. The van der Waals surface area contributed by atoms with Crippen molar-refractivity contribution in [2.75, 3.05) is 5.73 Å². The highest BCUT2D eigenvalue weighted by Crippen LogP contribution is 2.41. The van der Waals surface area contributed by atoms with Crippen molar-refractivity contribution in [3.8, 4) is 0 Å². The fourth-order valence-electron chi connectivity index (χ4n) is 1.34. The second kappa shape index (κ2) is 2.22. The Balaban J connectivity index is 2.45. The molecule has 0 bridgehead atoms. The fraction of sp³-hybridized carbons (Fsp3) is 0.444. The SMILES string of the molecule is Cc1c(N)ccnc1C1CC1. The van der Waals surface area contributed by atoms with Gasteiger partial charge in [-0.15, -0.1) is 0 Å². The Labute approximate surface area is 66.4 Å². The summed E-state index contributed by atoms with van der Waals surface area (Å²) in [6.07, 6.45) is 4.38. The number of hydrogen-bond acceptors (Lipinski definition) is 2. The molecule has 0 radical (unpaired) electrons.